The summed E-state index contributed by atoms with van der Waals surface area (Å²) in [6.45, 7) is 2.77. The second-order valence-electron chi connectivity index (χ2n) is 3.85. The fourth-order valence-corrected chi connectivity index (χ4v) is 2.24. The topological polar surface area (TPSA) is 35.2 Å². The Balaban J connectivity index is 2.29. The second-order valence-corrected chi connectivity index (χ2v) is 4.71. The molecule has 1 aromatic carbocycles. The van der Waals surface area contributed by atoms with Gasteiger partial charge in [0.1, 0.15) is 5.75 Å². The molecule has 0 aliphatic carbocycles. The Hall–Kier alpha value is -0.540. The molecular weight excluding hydrogens is 242 g/mol. The van der Waals surface area contributed by atoms with Gasteiger partial charge in [0.25, 0.3) is 0 Å². The first-order valence-electron chi connectivity index (χ1n) is 4.84. The molecule has 0 fully saturated rings. The number of halogens is 1. The van der Waals surface area contributed by atoms with Crippen molar-refractivity contribution >= 4 is 15.9 Å². The summed E-state index contributed by atoms with van der Waals surface area (Å²) in [7, 11) is 0. The van der Waals surface area contributed by atoms with Gasteiger partial charge in [-0.15, -0.1) is 0 Å². The van der Waals surface area contributed by atoms with E-state index in [1.165, 1.54) is 5.56 Å². The van der Waals surface area contributed by atoms with E-state index in [0.29, 0.717) is 5.92 Å². The molecule has 1 aromatic rings. The molecule has 2 atom stereocenters. The second kappa shape index (κ2) is 3.91. The van der Waals surface area contributed by atoms with Crippen molar-refractivity contribution < 1.29 is 4.74 Å². The summed E-state index contributed by atoms with van der Waals surface area (Å²) in [4.78, 5) is 0. The zero-order chi connectivity index (χ0) is 10.1. The lowest BCUT2D eigenvalue weighted by Crippen LogP contribution is -2.35. The van der Waals surface area contributed by atoms with Crippen LogP contribution in [0.1, 0.15) is 12.5 Å². The van der Waals surface area contributed by atoms with E-state index in [1.807, 2.05) is 25.1 Å². The zero-order valence-corrected chi connectivity index (χ0v) is 9.75. The SMILES string of the molecule is C[C@H](N)C1COc2cccc(Br)c2C1. The minimum Gasteiger partial charge on any atom is -0.493 e. The van der Waals surface area contributed by atoms with Crippen molar-refractivity contribution in [3.8, 4) is 5.75 Å². The van der Waals surface area contributed by atoms with Gasteiger partial charge in [-0.2, -0.15) is 0 Å². The lowest BCUT2D eigenvalue weighted by molar-refractivity contribution is 0.204. The van der Waals surface area contributed by atoms with E-state index in [9.17, 15) is 0 Å². The summed E-state index contributed by atoms with van der Waals surface area (Å²) >= 11 is 3.54. The molecule has 2 N–H and O–H groups in total. The number of hydrogen-bond acceptors (Lipinski definition) is 2. The van der Waals surface area contributed by atoms with E-state index in [4.69, 9.17) is 10.5 Å². The van der Waals surface area contributed by atoms with Crippen LogP contribution in [-0.2, 0) is 6.42 Å². The minimum atomic E-state index is 0.190. The number of nitrogens with two attached hydrogens (primary N) is 1. The van der Waals surface area contributed by atoms with Crippen LogP contribution in [0.4, 0.5) is 0 Å². The first-order chi connectivity index (χ1) is 6.68. The highest BCUT2D eigenvalue weighted by atomic mass is 79.9. The highest BCUT2D eigenvalue weighted by Gasteiger charge is 2.23. The summed E-state index contributed by atoms with van der Waals surface area (Å²) in [6, 6.07) is 6.24. The van der Waals surface area contributed by atoms with Gasteiger partial charge in [-0.05, 0) is 25.5 Å². The fraction of sp³-hybridized carbons (Fsp3) is 0.455. The normalized spacial score (nSPS) is 22.4. The van der Waals surface area contributed by atoms with Gasteiger partial charge in [-0.25, -0.2) is 0 Å². The Labute approximate surface area is 92.6 Å². The number of hydrogen-bond donors (Lipinski definition) is 1. The van der Waals surface area contributed by atoms with Crippen LogP contribution in [0.5, 0.6) is 5.75 Å². The molecule has 0 amide bonds. The van der Waals surface area contributed by atoms with Crippen LogP contribution < -0.4 is 10.5 Å². The summed E-state index contributed by atoms with van der Waals surface area (Å²) in [5.41, 5.74) is 7.13. The molecule has 76 valence electrons. The maximum atomic E-state index is 5.88. The number of benzene rings is 1. The maximum absolute atomic E-state index is 5.88. The van der Waals surface area contributed by atoms with Crippen LogP contribution in [0, 0.1) is 5.92 Å². The van der Waals surface area contributed by atoms with Gasteiger partial charge in [-0.1, -0.05) is 22.0 Å². The zero-order valence-electron chi connectivity index (χ0n) is 8.16. The molecule has 0 saturated heterocycles. The van der Waals surface area contributed by atoms with E-state index < -0.39 is 0 Å². The van der Waals surface area contributed by atoms with Crippen LogP contribution in [0.2, 0.25) is 0 Å². The van der Waals surface area contributed by atoms with Crippen molar-refractivity contribution in [1.82, 2.24) is 0 Å². The summed E-state index contributed by atoms with van der Waals surface area (Å²) in [5.74, 6) is 1.43. The Morgan fingerprint density at radius 1 is 1.57 bits per heavy atom. The molecule has 1 aliphatic heterocycles. The highest BCUT2D eigenvalue weighted by Crippen LogP contribution is 2.33. The quantitative estimate of drug-likeness (QED) is 0.837. The molecule has 0 aromatic heterocycles. The van der Waals surface area contributed by atoms with Crippen molar-refractivity contribution in [3.05, 3.63) is 28.2 Å². The monoisotopic (exact) mass is 255 g/mol. The predicted molar refractivity (Wildman–Crippen MR) is 60.5 cm³/mol. The van der Waals surface area contributed by atoms with E-state index in [-0.39, 0.29) is 6.04 Å². The Morgan fingerprint density at radius 3 is 3.07 bits per heavy atom. The van der Waals surface area contributed by atoms with Gasteiger partial charge in [0.05, 0.1) is 6.61 Å². The average Bonchev–Trinajstić information content (AvgIpc) is 2.18. The average molecular weight is 256 g/mol. The molecule has 1 unspecified atom stereocenters. The van der Waals surface area contributed by atoms with Gasteiger partial charge in [0.2, 0.25) is 0 Å². The van der Waals surface area contributed by atoms with Gasteiger partial charge in [0.15, 0.2) is 0 Å². The van der Waals surface area contributed by atoms with Crippen molar-refractivity contribution in [3.63, 3.8) is 0 Å². The van der Waals surface area contributed by atoms with E-state index in [0.717, 1.165) is 23.2 Å². The van der Waals surface area contributed by atoms with E-state index in [2.05, 4.69) is 15.9 Å². The number of fused-ring (bicyclic) bond motifs is 1. The molecule has 14 heavy (non-hydrogen) atoms. The molecule has 1 aliphatic rings. The smallest absolute Gasteiger partial charge is 0.123 e. The molecule has 0 bridgehead atoms. The Morgan fingerprint density at radius 2 is 2.36 bits per heavy atom. The van der Waals surface area contributed by atoms with Crippen LogP contribution in [0.25, 0.3) is 0 Å². The Bertz CT molecular complexity index is 338. The summed E-state index contributed by atoms with van der Waals surface area (Å²) in [5, 5.41) is 0. The van der Waals surface area contributed by atoms with Crippen LogP contribution >= 0.6 is 15.9 Å². The Kier molecular flexibility index (Phi) is 2.79. The minimum absolute atomic E-state index is 0.190. The maximum Gasteiger partial charge on any atom is 0.123 e. The van der Waals surface area contributed by atoms with E-state index in [1.54, 1.807) is 0 Å². The third-order valence-corrected chi connectivity index (χ3v) is 3.48. The molecular formula is C11H14BrNO. The van der Waals surface area contributed by atoms with Crippen LogP contribution in [0.15, 0.2) is 22.7 Å². The molecule has 0 radical (unpaired) electrons. The first kappa shape index (κ1) is 9.99. The van der Waals surface area contributed by atoms with Crippen molar-refractivity contribution in [2.75, 3.05) is 6.61 Å². The molecule has 2 nitrogen and oxygen atoms in total. The third kappa shape index (κ3) is 1.79. The lowest BCUT2D eigenvalue weighted by Gasteiger charge is -2.28. The third-order valence-electron chi connectivity index (χ3n) is 2.74. The fourth-order valence-electron chi connectivity index (χ4n) is 1.73. The van der Waals surface area contributed by atoms with Crippen molar-refractivity contribution in [2.45, 2.75) is 19.4 Å². The number of ether oxygens (including phenoxy) is 1. The molecule has 2 rings (SSSR count). The van der Waals surface area contributed by atoms with Gasteiger partial charge in [-0.3, -0.25) is 0 Å². The van der Waals surface area contributed by atoms with Gasteiger partial charge in [0, 0.05) is 22.0 Å². The van der Waals surface area contributed by atoms with E-state index >= 15 is 0 Å². The van der Waals surface area contributed by atoms with Gasteiger partial charge < -0.3 is 10.5 Å². The molecule has 1 heterocycles. The number of rotatable bonds is 1. The lowest BCUT2D eigenvalue weighted by atomic mass is 9.92. The van der Waals surface area contributed by atoms with Gasteiger partial charge >= 0.3 is 0 Å². The first-order valence-corrected chi connectivity index (χ1v) is 5.63. The largest absolute Gasteiger partial charge is 0.493 e. The molecule has 0 spiro atoms. The predicted octanol–water partition coefficient (Wildman–Crippen LogP) is 2.35. The highest BCUT2D eigenvalue weighted by molar-refractivity contribution is 9.10. The summed E-state index contributed by atoms with van der Waals surface area (Å²) < 4.78 is 6.79. The molecule has 3 heteroatoms. The molecule has 0 saturated carbocycles. The van der Waals surface area contributed by atoms with Crippen molar-refractivity contribution in [2.24, 2.45) is 11.7 Å². The standard InChI is InChI=1S/C11H14BrNO/c1-7(13)8-5-9-10(12)3-2-4-11(9)14-6-8/h2-4,7-8H,5-6,13H2,1H3/t7-,8?/m0/s1. The van der Waals surface area contributed by atoms with Crippen LogP contribution in [-0.4, -0.2) is 12.6 Å². The van der Waals surface area contributed by atoms with Crippen LogP contribution in [0.3, 0.4) is 0 Å². The van der Waals surface area contributed by atoms with Crippen molar-refractivity contribution in [1.29, 1.82) is 0 Å². The summed E-state index contributed by atoms with van der Waals surface area (Å²) in [6.07, 6.45) is 1.01.